The van der Waals surface area contributed by atoms with E-state index in [1.807, 2.05) is 23.2 Å². The van der Waals surface area contributed by atoms with Crippen LogP contribution in [0, 0.1) is 13.8 Å². The Kier molecular flexibility index (Phi) is 9.60. The first kappa shape index (κ1) is 25.8. The van der Waals surface area contributed by atoms with Gasteiger partial charge in [-0.15, -0.1) is 12.4 Å². The minimum Gasteiger partial charge on any atom is -0.493 e. The number of nitrogens with zero attached hydrogens (tertiary/aromatic N) is 2. The molecule has 2 aromatic rings. The van der Waals surface area contributed by atoms with Crippen LogP contribution in [-0.4, -0.2) is 56.6 Å². The summed E-state index contributed by atoms with van der Waals surface area (Å²) in [5.41, 5.74) is 6.01. The van der Waals surface area contributed by atoms with Crippen LogP contribution >= 0.6 is 12.4 Å². The van der Waals surface area contributed by atoms with Gasteiger partial charge in [-0.05, 0) is 86.3 Å². The third-order valence-electron chi connectivity index (χ3n) is 6.02. The summed E-state index contributed by atoms with van der Waals surface area (Å²) in [4.78, 5) is 16.9. The lowest BCUT2D eigenvalue weighted by Gasteiger charge is -2.21. The van der Waals surface area contributed by atoms with Crippen molar-refractivity contribution >= 4 is 24.4 Å². The van der Waals surface area contributed by atoms with E-state index in [4.69, 9.17) is 9.47 Å². The van der Waals surface area contributed by atoms with Crippen molar-refractivity contribution < 1.29 is 14.3 Å². The van der Waals surface area contributed by atoms with Crippen LogP contribution in [0.15, 0.2) is 36.5 Å². The fraction of sp³-hybridized carbons (Fsp3) is 0.423. The van der Waals surface area contributed by atoms with E-state index in [9.17, 15) is 4.79 Å². The van der Waals surface area contributed by atoms with E-state index in [0.29, 0.717) is 6.42 Å². The predicted molar refractivity (Wildman–Crippen MR) is 133 cm³/mol. The number of methoxy groups -OCH3 is 2. The molecule has 5 nitrogen and oxygen atoms in total. The lowest BCUT2D eigenvalue weighted by atomic mass is 9.98. The van der Waals surface area contributed by atoms with E-state index in [1.165, 1.54) is 16.7 Å². The zero-order valence-corrected chi connectivity index (χ0v) is 20.6. The molecule has 0 N–H and O–H groups in total. The van der Waals surface area contributed by atoms with Crippen molar-refractivity contribution in [2.75, 3.05) is 40.9 Å². The molecular formula is C26H35ClN2O3. The van der Waals surface area contributed by atoms with Crippen LogP contribution in [0.1, 0.15) is 34.2 Å². The number of carbonyl (C=O) groups is 1. The number of hydrogen-bond donors (Lipinski definition) is 0. The number of aryl methyl sites for hydroxylation is 2. The van der Waals surface area contributed by atoms with Gasteiger partial charge < -0.3 is 19.3 Å². The molecule has 0 fully saturated rings. The number of carbonyl (C=O) groups excluding carboxylic acids is 1. The summed E-state index contributed by atoms with van der Waals surface area (Å²) in [6.45, 7) is 6.84. The topological polar surface area (TPSA) is 42.0 Å². The Morgan fingerprint density at radius 2 is 1.72 bits per heavy atom. The molecule has 3 rings (SSSR count). The number of benzene rings is 2. The van der Waals surface area contributed by atoms with Gasteiger partial charge in [-0.2, -0.15) is 0 Å². The summed E-state index contributed by atoms with van der Waals surface area (Å²) in [7, 11) is 5.44. The van der Waals surface area contributed by atoms with Crippen molar-refractivity contribution in [3.63, 3.8) is 0 Å². The highest BCUT2D eigenvalue weighted by atomic mass is 35.5. The van der Waals surface area contributed by atoms with E-state index in [2.05, 4.69) is 50.1 Å². The summed E-state index contributed by atoms with van der Waals surface area (Å²) in [6.07, 6.45) is 6.37. The quantitative estimate of drug-likeness (QED) is 0.548. The standard InChI is InChI=1S/C26H34N2O3.ClH/c1-19-15-22-10-14-28(26(29)18-23(22)16-20(19)2)12-6-11-27(3)13-9-21-7-8-24(30-4)25(17-21)31-5;/h7-8,10,14-17H,6,9,11-13,18H2,1-5H3;1H. The molecule has 0 bridgehead atoms. The number of rotatable bonds is 9. The fourth-order valence-corrected chi connectivity index (χ4v) is 3.90. The molecule has 174 valence electrons. The van der Waals surface area contributed by atoms with Crippen LogP contribution in [0.2, 0.25) is 0 Å². The Morgan fingerprint density at radius 3 is 2.44 bits per heavy atom. The van der Waals surface area contributed by atoms with Crippen molar-refractivity contribution in [2.24, 2.45) is 0 Å². The van der Waals surface area contributed by atoms with Crippen molar-refractivity contribution in [1.29, 1.82) is 0 Å². The number of fused-ring (bicyclic) bond motifs is 1. The molecule has 32 heavy (non-hydrogen) atoms. The fourth-order valence-electron chi connectivity index (χ4n) is 3.90. The lowest BCUT2D eigenvalue weighted by Crippen LogP contribution is -2.30. The smallest absolute Gasteiger partial charge is 0.230 e. The average Bonchev–Trinajstić information content (AvgIpc) is 2.91. The highest BCUT2D eigenvalue weighted by molar-refractivity contribution is 5.85. The number of hydrogen-bond acceptors (Lipinski definition) is 4. The first-order chi connectivity index (χ1) is 14.9. The Balaban J connectivity index is 0.00000363. The van der Waals surface area contributed by atoms with Crippen LogP contribution in [0.3, 0.4) is 0 Å². The maximum absolute atomic E-state index is 12.7. The number of amides is 1. The third kappa shape index (κ3) is 6.50. The molecule has 0 atom stereocenters. The van der Waals surface area contributed by atoms with Gasteiger partial charge in [-0.3, -0.25) is 4.79 Å². The molecule has 0 saturated carbocycles. The largest absolute Gasteiger partial charge is 0.493 e. The number of halogens is 1. The molecular weight excluding hydrogens is 424 g/mol. The van der Waals surface area contributed by atoms with Crippen molar-refractivity contribution in [1.82, 2.24) is 9.80 Å². The molecule has 0 spiro atoms. The van der Waals surface area contributed by atoms with Crippen LogP contribution in [-0.2, 0) is 17.6 Å². The Morgan fingerprint density at radius 1 is 1.00 bits per heavy atom. The third-order valence-corrected chi connectivity index (χ3v) is 6.02. The van der Waals surface area contributed by atoms with Gasteiger partial charge >= 0.3 is 0 Å². The molecule has 0 aliphatic carbocycles. The minimum atomic E-state index is 0. The molecule has 6 heteroatoms. The maximum Gasteiger partial charge on any atom is 0.230 e. The molecule has 1 heterocycles. The van der Waals surface area contributed by atoms with Crippen molar-refractivity contribution in [3.8, 4) is 11.5 Å². The van der Waals surface area contributed by atoms with Crippen molar-refractivity contribution in [2.45, 2.75) is 33.1 Å². The van der Waals surface area contributed by atoms with Crippen LogP contribution < -0.4 is 9.47 Å². The van der Waals surface area contributed by atoms with Gasteiger partial charge in [0.05, 0.1) is 20.6 Å². The van der Waals surface area contributed by atoms with E-state index >= 15 is 0 Å². The minimum absolute atomic E-state index is 0. The van der Waals surface area contributed by atoms with Gasteiger partial charge in [0, 0.05) is 19.3 Å². The van der Waals surface area contributed by atoms with Crippen LogP contribution in [0.5, 0.6) is 11.5 Å². The van der Waals surface area contributed by atoms with Crippen molar-refractivity contribution in [3.05, 3.63) is 64.3 Å². The Labute approximate surface area is 198 Å². The van der Waals surface area contributed by atoms with Gasteiger partial charge in [0.25, 0.3) is 0 Å². The van der Waals surface area contributed by atoms with Crippen LogP contribution in [0.25, 0.3) is 6.08 Å². The summed E-state index contributed by atoms with van der Waals surface area (Å²) in [5.74, 6) is 1.69. The van der Waals surface area contributed by atoms with Gasteiger partial charge in [-0.25, -0.2) is 0 Å². The van der Waals surface area contributed by atoms with Gasteiger partial charge in [0.15, 0.2) is 11.5 Å². The Hall–Kier alpha value is -2.50. The van der Waals surface area contributed by atoms with E-state index in [0.717, 1.165) is 55.1 Å². The highest BCUT2D eigenvalue weighted by Gasteiger charge is 2.17. The SMILES string of the molecule is COc1ccc(CCN(C)CCCN2C=Cc3cc(C)c(C)cc3CC2=O)cc1OC.Cl. The second kappa shape index (κ2) is 11.9. The molecule has 2 aromatic carbocycles. The molecule has 0 radical (unpaired) electrons. The molecule has 1 aliphatic rings. The highest BCUT2D eigenvalue weighted by Crippen LogP contribution is 2.27. The van der Waals surface area contributed by atoms with Crippen LogP contribution in [0.4, 0.5) is 0 Å². The summed E-state index contributed by atoms with van der Waals surface area (Å²) in [5, 5.41) is 0. The van der Waals surface area contributed by atoms with Gasteiger partial charge in [0.1, 0.15) is 0 Å². The summed E-state index contributed by atoms with van der Waals surface area (Å²) < 4.78 is 10.7. The summed E-state index contributed by atoms with van der Waals surface area (Å²) in [6, 6.07) is 10.4. The first-order valence-corrected chi connectivity index (χ1v) is 10.9. The zero-order chi connectivity index (χ0) is 22.4. The number of ether oxygens (including phenoxy) is 2. The lowest BCUT2D eigenvalue weighted by molar-refractivity contribution is -0.127. The molecule has 1 amide bonds. The monoisotopic (exact) mass is 458 g/mol. The predicted octanol–water partition coefficient (Wildman–Crippen LogP) is 4.66. The van der Waals surface area contributed by atoms with E-state index in [-0.39, 0.29) is 18.3 Å². The molecule has 0 unspecified atom stereocenters. The maximum atomic E-state index is 12.7. The molecule has 0 aromatic heterocycles. The van der Waals surface area contributed by atoms with E-state index in [1.54, 1.807) is 14.2 Å². The van der Waals surface area contributed by atoms with E-state index < -0.39 is 0 Å². The molecule has 1 aliphatic heterocycles. The second-order valence-electron chi connectivity index (χ2n) is 8.31. The summed E-state index contributed by atoms with van der Waals surface area (Å²) >= 11 is 0. The second-order valence-corrected chi connectivity index (χ2v) is 8.31. The van der Waals surface area contributed by atoms with Gasteiger partial charge in [-0.1, -0.05) is 18.2 Å². The first-order valence-electron chi connectivity index (χ1n) is 10.9. The molecule has 0 saturated heterocycles. The average molecular weight is 459 g/mol. The van der Waals surface area contributed by atoms with Gasteiger partial charge in [0.2, 0.25) is 5.91 Å². The normalized spacial score (nSPS) is 12.9. The number of likely N-dealkylation sites (N-methyl/N-ethyl adjacent to an activating group) is 1. The zero-order valence-electron chi connectivity index (χ0n) is 19.8. The Bertz CT molecular complexity index is 958.